The quantitative estimate of drug-likeness (QED) is 0.326. The molecule has 3 aromatic carbocycles. The van der Waals surface area contributed by atoms with Crippen LogP contribution in [0.4, 0.5) is 5.95 Å². The molecule has 40 heavy (non-hydrogen) atoms. The molecule has 0 radical (unpaired) electrons. The Balaban J connectivity index is 1.59. The van der Waals surface area contributed by atoms with Crippen LogP contribution >= 0.6 is 11.6 Å². The number of carbonyl (C=O) groups is 1. The van der Waals surface area contributed by atoms with Gasteiger partial charge in [0.25, 0.3) is 0 Å². The van der Waals surface area contributed by atoms with Gasteiger partial charge in [-0.1, -0.05) is 83.9 Å². The first-order chi connectivity index (χ1) is 19.4. The van der Waals surface area contributed by atoms with Crippen LogP contribution in [0.15, 0.2) is 88.8 Å². The summed E-state index contributed by atoms with van der Waals surface area (Å²) in [4.78, 5) is 26.7. The number of aryl methyl sites for hydroxylation is 1. The molecular weight excluding hydrogens is 528 g/mol. The first-order valence-corrected chi connectivity index (χ1v) is 13.5. The molecule has 0 saturated carbocycles. The van der Waals surface area contributed by atoms with E-state index in [4.69, 9.17) is 21.8 Å². The van der Waals surface area contributed by atoms with Crippen LogP contribution in [0.3, 0.4) is 0 Å². The van der Waals surface area contributed by atoms with Crippen LogP contribution in [0.1, 0.15) is 41.1 Å². The van der Waals surface area contributed by atoms with E-state index < -0.39 is 17.6 Å². The summed E-state index contributed by atoms with van der Waals surface area (Å²) >= 11 is 6.16. The summed E-state index contributed by atoms with van der Waals surface area (Å²) in [6.45, 7) is 4.20. The van der Waals surface area contributed by atoms with E-state index in [1.807, 2.05) is 85.8 Å². The number of aliphatic hydroxyl groups excluding tert-OH is 1. The van der Waals surface area contributed by atoms with E-state index in [1.54, 1.807) is 11.9 Å². The highest BCUT2D eigenvalue weighted by molar-refractivity contribution is 6.30. The lowest BCUT2D eigenvalue weighted by Crippen LogP contribution is -2.38. The van der Waals surface area contributed by atoms with Crippen LogP contribution in [-0.4, -0.2) is 50.8 Å². The largest absolute Gasteiger partial charge is 0.395 e. The van der Waals surface area contributed by atoms with E-state index in [2.05, 4.69) is 5.32 Å². The fourth-order valence-corrected chi connectivity index (χ4v) is 4.92. The second-order valence-electron chi connectivity index (χ2n) is 9.82. The van der Waals surface area contributed by atoms with E-state index in [0.29, 0.717) is 11.6 Å². The van der Waals surface area contributed by atoms with Gasteiger partial charge in [-0.05, 0) is 42.7 Å². The number of aromatic nitrogens is 3. The molecule has 1 aliphatic heterocycles. The number of halogens is 1. The second-order valence-corrected chi connectivity index (χ2v) is 10.3. The van der Waals surface area contributed by atoms with Crippen LogP contribution in [0, 0.1) is 6.92 Å². The molecule has 0 saturated heterocycles. The van der Waals surface area contributed by atoms with Crippen molar-refractivity contribution in [1.82, 2.24) is 19.7 Å². The van der Waals surface area contributed by atoms with Crippen LogP contribution in [0.2, 0.25) is 5.02 Å². The Morgan fingerprint density at radius 1 is 1.07 bits per heavy atom. The fourth-order valence-electron chi connectivity index (χ4n) is 4.79. The third kappa shape index (κ3) is 5.71. The van der Waals surface area contributed by atoms with Crippen LogP contribution < -0.4 is 16.0 Å². The van der Waals surface area contributed by atoms with Crippen molar-refractivity contribution in [1.29, 1.82) is 0 Å². The Kier molecular flexibility index (Phi) is 8.14. The minimum absolute atomic E-state index is 0.0867. The van der Waals surface area contributed by atoms with Gasteiger partial charge in [-0.3, -0.25) is 4.79 Å². The molecule has 2 N–H and O–H groups in total. The highest BCUT2D eigenvalue weighted by Crippen LogP contribution is 2.32. The molecule has 10 heteroatoms. The van der Waals surface area contributed by atoms with Crippen molar-refractivity contribution in [3.05, 3.63) is 117 Å². The summed E-state index contributed by atoms with van der Waals surface area (Å²) in [5, 5.41) is 23.8. The number of nitrogens with zero attached hydrogens (tertiary/aromatic N) is 5. The number of hydrogen-bond acceptors (Lipinski definition) is 6. The van der Waals surface area contributed by atoms with Crippen molar-refractivity contribution in [3.63, 3.8) is 0 Å². The number of anilines is 1. The Labute approximate surface area is 237 Å². The average molecular weight is 559 g/mol. The van der Waals surface area contributed by atoms with Crippen molar-refractivity contribution in [3.8, 4) is 0 Å². The van der Waals surface area contributed by atoms with Gasteiger partial charge in [0.15, 0.2) is 0 Å². The Bertz CT molecular complexity index is 1560. The topological polar surface area (TPSA) is 105 Å². The van der Waals surface area contributed by atoms with Crippen LogP contribution in [-0.2, 0) is 11.3 Å². The van der Waals surface area contributed by atoms with Gasteiger partial charge in [-0.15, -0.1) is 5.10 Å². The van der Waals surface area contributed by atoms with Crippen molar-refractivity contribution in [2.45, 2.75) is 32.4 Å². The van der Waals surface area contributed by atoms with E-state index in [0.717, 1.165) is 28.0 Å². The highest BCUT2D eigenvalue weighted by Gasteiger charge is 2.35. The van der Waals surface area contributed by atoms with Crippen molar-refractivity contribution < 1.29 is 9.90 Å². The Morgan fingerprint density at radius 2 is 1.77 bits per heavy atom. The monoisotopic (exact) mass is 558 g/mol. The summed E-state index contributed by atoms with van der Waals surface area (Å²) in [5.74, 6) is -0.228. The maximum atomic E-state index is 13.7. The van der Waals surface area contributed by atoms with Gasteiger partial charge in [0.1, 0.15) is 6.04 Å². The SMILES string of the molecule is Cc1ccc(Cn2nc(N3CC(c4ccccc4)C(c4ccc(Cl)cc4)=N3)n(C(C)C(=O)NCCO)c2=O)cc1. The summed E-state index contributed by atoms with van der Waals surface area (Å²) < 4.78 is 2.74. The van der Waals surface area contributed by atoms with Crippen molar-refractivity contribution in [2.24, 2.45) is 5.10 Å². The second kappa shape index (κ2) is 11.9. The third-order valence-electron chi connectivity index (χ3n) is 6.97. The third-order valence-corrected chi connectivity index (χ3v) is 7.22. The molecule has 9 nitrogen and oxygen atoms in total. The maximum absolute atomic E-state index is 13.7. The average Bonchev–Trinajstić information content (AvgIpc) is 3.55. The molecule has 0 fully saturated rings. The number of hydrogen-bond donors (Lipinski definition) is 2. The summed E-state index contributed by atoms with van der Waals surface area (Å²) in [5.41, 5.74) is 4.39. The number of rotatable bonds is 9. The van der Waals surface area contributed by atoms with Crippen LogP contribution in [0.5, 0.6) is 0 Å². The first kappa shape index (κ1) is 27.4. The number of benzene rings is 3. The lowest BCUT2D eigenvalue weighted by atomic mass is 9.91. The number of aliphatic hydroxyl groups is 1. The molecule has 4 aromatic rings. The summed E-state index contributed by atoms with van der Waals surface area (Å²) in [7, 11) is 0. The molecule has 0 spiro atoms. The zero-order valence-corrected chi connectivity index (χ0v) is 23.1. The van der Waals surface area contributed by atoms with Gasteiger partial charge in [0.05, 0.1) is 25.4 Å². The molecule has 1 aliphatic rings. The van der Waals surface area contributed by atoms with E-state index >= 15 is 0 Å². The molecule has 5 rings (SSSR count). The number of hydrazone groups is 1. The van der Waals surface area contributed by atoms with Gasteiger partial charge in [-0.25, -0.2) is 19.1 Å². The minimum Gasteiger partial charge on any atom is -0.395 e. The van der Waals surface area contributed by atoms with Gasteiger partial charge < -0.3 is 10.4 Å². The fraction of sp³-hybridized carbons (Fsp3) is 0.267. The van der Waals surface area contributed by atoms with Gasteiger partial charge in [0, 0.05) is 17.5 Å². The molecule has 206 valence electrons. The molecule has 0 aliphatic carbocycles. The lowest BCUT2D eigenvalue weighted by Gasteiger charge is -2.19. The Hall–Kier alpha value is -4.21. The number of nitrogens with one attached hydrogen (secondary N) is 1. The maximum Gasteiger partial charge on any atom is 0.348 e. The highest BCUT2D eigenvalue weighted by atomic mass is 35.5. The standard InChI is InChI=1S/C30H31ClN6O3/c1-20-8-10-22(11-9-20)18-36-30(40)37(21(2)28(39)32-16-17-38)29(34-36)35-19-26(23-6-4-3-5-7-23)27(33-35)24-12-14-25(31)15-13-24/h3-15,21,26,38H,16-19H2,1-2H3,(H,32,39). The summed E-state index contributed by atoms with van der Waals surface area (Å²) in [6, 6.07) is 24.5. The molecule has 2 atom stereocenters. The predicted octanol–water partition coefficient (Wildman–Crippen LogP) is 3.73. The number of amides is 1. The van der Waals surface area contributed by atoms with E-state index in [-0.39, 0.29) is 31.6 Å². The first-order valence-electron chi connectivity index (χ1n) is 13.2. The summed E-state index contributed by atoms with van der Waals surface area (Å²) in [6.07, 6.45) is 0. The predicted molar refractivity (Wildman–Crippen MR) is 156 cm³/mol. The van der Waals surface area contributed by atoms with Crippen molar-refractivity contribution >= 4 is 29.2 Å². The zero-order chi connectivity index (χ0) is 28.2. The van der Waals surface area contributed by atoms with E-state index in [1.165, 1.54) is 9.25 Å². The molecular formula is C30H31ClN6O3. The van der Waals surface area contributed by atoms with Crippen LogP contribution in [0.25, 0.3) is 0 Å². The molecule has 1 aromatic heterocycles. The number of carbonyl (C=O) groups excluding carboxylic acids is 1. The smallest absolute Gasteiger partial charge is 0.348 e. The Morgan fingerprint density at radius 3 is 2.45 bits per heavy atom. The van der Waals surface area contributed by atoms with Crippen molar-refractivity contribution in [2.75, 3.05) is 24.7 Å². The minimum atomic E-state index is -0.884. The van der Waals surface area contributed by atoms with Gasteiger partial charge >= 0.3 is 5.69 Å². The molecule has 2 heterocycles. The lowest BCUT2D eigenvalue weighted by molar-refractivity contribution is -0.124. The van der Waals surface area contributed by atoms with E-state index in [9.17, 15) is 14.7 Å². The molecule has 1 amide bonds. The molecule has 0 bridgehead atoms. The van der Waals surface area contributed by atoms with Gasteiger partial charge in [-0.2, -0.15) is 5.10 Å². The normalized spacial score (nSPS) is 15.7. The van der Waals surface area contributed by atoms with Gasteiger partial charge in [0.2, 0.25) is 11.9 Å². The molecule has 2 unspecified atom stereocenters. The zero-order valence-electron chi connectivity index (χ0n) is 22.4.